The number of aromatic nitrogens is 1. The van der Waals surface area contributed by atoms with Crippen LogP contribution in [0.1, 0.15) is 37.1 Å². The average Bonchev–Trinajstić information content (AvgIpc) is 2.86. The zero-order chi connectivity index (χ0) is 15.9. The van der Waals surface area contributed by atoms with Crippen LogP contribution in [0.4, 0.5) is 5.13 Å². The molecule has 0 aliphatic rings. The van der Waals surface area contributed by atoms with Gasteiger partial charge in [-0.15, -0.1) is 11.3 Å². The Labute approximate surface area is 136 Å². The molecule has 1 heterocycles. The van der Waals surface area contributed by atoms with Crippen molar-refractivity contribution < 1.29 is 4.74 Å². The summed E-state index contributed by atoms with van der Waals surface area (Å²) in [6.45, 7) is 9.18. The molecular formula is C17H23N3OS. The standard InChI is InChI=1S/C17H23N3OS/c1-12(2)7-8-21-16-6-5-15(9-13(16)3)10-18-20-17-19-14(4)11-22-17/h5-6,9-12H,7-8H2,1-4H3,(H,19,20). The summed E-state index contributed by atoms with van der Waals surface area (Å²) in [4.78, 5) is 4.30. The van der Waals surface area contributed by atoms with E-state index in [2.05, 4.69) is 42.3 Å². The fourth-order valence-electron chi connectivity index (χ4n) is 1.89. The predicted octanol–water partition coefficient (Wildman–Crippen LogP) is 4.63. The molecule has 1 aromatic heterocycles. The Bertz CT molecular complexity index is 635. The molecule has 5 heteroatoms. The molecule has 0 fully saturated rings. The van der Waals surface area contributed by atoms with Gasteiger partial charge in [-0.25, -0.2) is 4.98 Å². The average molecular weight is 317 g/mol. The Morgan fingerprint density at radius 2 is 2.18 bits per heavy atom. The molecule has 118 valence electrons. The first-order chi connectivity index (χ1) is 10.5. The molecule has 0 unspecified atom stereocenters. The molecule has 0 aliphatic carbocycles. The van der Waals surface area contributed by atoms with Gasteiger partial charge in [-0.3, -0.25) is 5.43 Å². The third kappa shape index (κ3) is 5.15. The first-order valence-electron chi connectivity index (χ1n) is 7.49. The lowest BCUT2D eigenvalue weighted by atomic mass is 10.1. The van der Waals surface area contributed by atoms with Crippen LogP contribution < -0.4 is 10.2 Å². The van der Waals surface area contributed by atoms with E-state index in [4.69, 9.17) is 4.74 Å². The molecule has 22 heavy (non-hydrogen) atoms. The van der Waals surface area contributed by atoms with E-state index in [1.165, 1.54) is 0 Å². The number of hydrogen-bond acceptors (Lipinski definition) is 5. The van der Waals surface area contributed by atoms with Crippen LogP contribution in [0, 0.1) is 19.8 Å². The summed E-state index contributed by atoms with van der Waals surface area (Å²) in [6.07, 6.45) is 2.86. The van der Waals surface area contributed by atoms with Crippen molar-refractivity contribution in [1.82, 2.24) is 4.98 Å². The van der Waals surface area contributed by atoms with Gasteiger partial charge in [0.2, 0.25) is 5.13 Å². The molecule has 4 nitrogen and oxygen atoms in total. The summed E-state index contributed by atoms with van der Waals surface area (Å²) in [7, 11) is 0. The molecule has 2 aromatic rings. The Morgan fingerprint density at radius 1 is 1.36 bits per heavy atom. The van der Waals surface area contributed by atoms with Gasteiger partial charge in [0.05, 0.1) is 18.5 Å². The maximum absolute atomic E-state index is 5.81. The lowest BCUT2D eigenvalue weighted by Gasteiger charge is -2.10. The zero-order valence-electron chi connectivity index (χ0n) is 13.6. The highest BCUT2D eigenvalue weighted by atomic mass is 32.1. The zero-order valence-corrected chi connectivity index (χ0v) is 14.4. The Kier molecular flexibility index (Phi) is 5.95. The lowest BCUT2D eigenvalue weighted by Crippen LogP contribution is -2.02. The molecule has 0 saturated heterocycles. The number of anilines is 1. The SMILES string of the molecule is Cc1csc(NN=Cc2ccc(OCCC(C)C)c(C)c2)n1. The highest BCUT2D eigenvalue weighted by molar-refractivity contribution is 7.13. The molecule has 1 aromatic carbocycles. The smallest absolute Gasteiger partial charge is 0.203 e. The van der Waals surface area contributed by atoms with Crippen molar-refractivity contribution in [2.75, 3.05) is 12.0 Å². The van der Waals surface area contributed by atoms with Crippen molar-refractivity contribution in [3.05, 3.63) is 40.4 Å². The number of rotatable bonds is 7. The van der Waals surface area contributed by atoms with Crippen molar-refractivity contribution in [2.24, 2.45) is 11.0 Å². The second-order valence-corrected chi connectivity index (χ2v) is 6.58. The van der Waals surface area contributed by atoms with Crippen molar-refractivity contribution in [1.29, 1.82) is 0 Å². The van der Waals surface area contributed by atoms with Crippen LogP contribution in [0.25, 0.3) is 0 Å². The number of hydrazone groups is 1. The van der Waals surface area contributed by atoms with Crippen molar-refractivity contribution >= 4 is 22.7 Å². The van der Waals surface area contributed by atoms with Crippen molar-refractivity contribution in [3.63, 3.8) is 0 Å². The van der Waals surface area contributed by atoms with Gasteiger partial charge in [0, 0.05) is 5.38 Å². The summed E-state index contributed by atoms with van der Waals surface area (Å²) in [5.74, 6) is 1.61. The minimum atomic E-state index is 0.660. The summed E-state index contributed by atoms with van der Waals surface area (Å²) in [5.41, 5.74) is 6.10. The van der Waals surface area contributed by atoms with Crippen LogP contribution in [-0.2, 0) is 0 Å². The second-order valence-electron chi connectivity index (χ2n) is 5.72. The number of nitrogens with one attached hydrogen (secondary N) is 1. The molecule has 0 radical (unpaired) electrons. The fraction of sp³-hybridized carbons (Fsp3) is 0.412. The minimum absolute atomic E-state index is 0.660. The van der Waals surface area contributed by atoms with E-state index < -0.39 is 0 Å². The van der Waals surface area contributed by atoms with Crippen LogP contribution in [0.3, 0.4) is 0 Å². The van der Waals surface area contributed by atoms with E-state index in [0.29, 0.717) is 5.92 Å². The van der Waals surface area contributed by atoms with Crippen LogP contribution in [0.5, 0.6) is 5.75 Å². The monoisotopic (exact) mass is 317 g/mol. The third-order valence-electron chi connectivity index (χ3n) is 3.14. The van der Waals surface area contributed by atoms with Crippen LogP contribution in [-0.4, -0.2) is 17.8 Å². The van der Waals surface area contributed by atoms with Crippen LogP contribution in [0.2, 0.25) is 0 Å². The maximum atomic E-state index is 5.81. The summed E-state index contributed by atoms with van der Waals surface area (Å²) >= 11 is 1.55. The molecule has 0 aliphatic heterocycles. The first-order valence-corrected chi connectivity index (χ1v) is 8.37. The van der Waals surface area contributed by atoms with Crippen LogP contribution in [0.15, 0.2) is 28.7 Å². The topological polar surface area (TPSA) is 46.5 Å². The molecule has 0 bridgehead atoms. The number of hydrogen-bond donors (Lipinski definition) is 1. The number of benzene rings is 1. The van der Waals surface area contributed by atoms with E-state index in [-0.39, 0.29) is 0 Å². The highest BCUT2D eigenvalue weighted by Crippen LogP contribution is 2.19. The first kappa shape index (κ1) is 16.5. The van der Waals surface area contributed by atoms with Crippen molar-refractivity contribution in [2.45, 2.75) is 34.1 Å². The van der Waals surface area contributed by atoms with Gasteiger partial charge < -0.3 is 4.74 Å². The number of nitrogens with zero attached hydrogens (tertiary/aromatic N) is 2. The number of ether oxygens (including phenoxy) is 1. The van der Waals surface area contributed by atoms with Gasteiger partial charge >= 0.3 is 0 Å². The molecule has 0 saturated carbocycles. The molecule has 0 amide bonds. The van der Waals surface area contributed by atoms with E-state index in [9.17, 15) is 0 Å². The van der Waals surface area contributed by atoms with E-state index >= 15 is 0 Å². The fourth-order valence-corrected chi connectivity index (χ4v) is 2.52. The van der Waals surface area contributed by atoms with Crippen LogP contribution >= 0.6 is 11.3 Å². The van der Waals surface area contributed by atoms with Gasteiger partial charge in [-0.1, -0.05) is 13.8 Å². The summed E-state index contributed by atoms with van der Waals surface area (Å²) in [5, 5.41) is 7.01. The molecule has 0 atom stereocenters. The number of aryl methyl sites for hydroxylation is 2. The largest absolute Gasteiger partial charge is 0.493 e. The predicted molar refractivity (Wildman–Crippen MR) is 94.2 cm³/mol. The van der Waals surface area contributed by atoms with Gasteiger partial charge in [0.1, 0.15) is 5.75 Å². The molecule has 1 N–H and O–H groups in total. The third-order valence-corrected chi connectivity index (χ3v) is 4.01. The number of thiazole rings is 1. The van der Waals surface area contributed by atoms with E-state index in [1.54, 1.807) is 17.6 Å². The summed E-state index contributed by atoms with van der Waals surface area (Å²) in [6, 6.07) is 6.09. The van der Waals surface area contributed by atoms with Gasteiger partial charge in [0.15, 0.2) is 0 Å². The van der Waals surface area contributed by atoms with E-state index in [1.807, 2.05) is 24.4 Å². The molecule has 0 spiro atoms. The minimum Gasteiger partial charge on any atom is -0.493 e. The van der Waals surface area contributed by atoms with Gasteiger partial charge in [-0.05, 0) is 55.5 Å². The second kappa shape index (κ2) is 7.94. The Balaban J connectivity index is 1.91. The van der Waals surface area contributed by atoms with E-state index in [0.717, 1.165) is 40.7 Å². The Morgan fingerprint density at radius 3 is 2.82 bits per heavy atom. The quantitative estimate of drug-likeness (QED) is 0.598. The summed E-state index contributed by atoms with van der Waals surface area (Å²) < 4.78 is 5.81. The maximum Gasteiger partial charge on any atom is 0.203 e. The normalized spacial score (nSPS) is 11.3. The van der Waals surface area contributed by atoms with Gasteiger partial charge in [0.25, 0.3) is 0 Å². The highest BCUT2D eigenvalue weighted by Gasteiger charge is 2.02. The van der Waals surface area contributed by atoms with Gasteiger partial charge in [-0.2, -0.15) is 5.10 Å². The van der Waals surface area contributed by atoms with Crippen molar-refractivity contribution in [3.8, 4) is 5.75 Å². The Hall–Kier alpha value is -1.88. The molecular weight excluding hydrogens is 294 g/mol. The lowest BCUT2D eigenvalue weighted by molar-refractivity contribution is 0.288. The molecule has 2 rings (SSSR count).